The minimum Gasteiger partial charge on any atom is -0.471 e. The van der Waals surface area contributed by atoms with Crippen molar-refractivity contribution in [3.8, 4) is 5.88 Å². The Labute approximate surface area is 227 Å². The normalized spacial score (nSPS) is 41.4. The number of hydrogen-bond donors (Lipinski definition) is 2. The molecule has 1 unspecified atom stereocenters. The first kappa shape index (κ1) is 23.9. The summed E-state index contributed by atoms with van der Waals surface area (Å²) < 4.78 is 19.7. The van der Waals surface area contributed by atoms with Crippen LogP contribution in [-0.4, -0.2) is 50.1 Å². The van der Waals surface area contributed by atoms with Gasteiger partial charge in [-0.1, -0.05) is 38.1 Å². The molecule has 39 heavy (non-hydrogen) atoms. The first-order valence-corrected chi connectivity index (χ1v) is 14.1. The molecule has 1 aromatic carbocycles. The summed E-state index contributed by atoms with van der Waals surface area (Å²) in [6, 6.07) is 14.0. The number of benzene rings is 1. The van der Waals surface area contributed by atoms with E-state index in [1.54, 1.807) is 12.3 Å². The molecule has 202 valence electrons. The first-order chi connectivity index (χ1) is 18.5. The molecular formula is C32H34N2O5. The molecule has 3 aliphatic carbocycles. The molecule has 2 N–H and O–H groups in total. The van der Waals surface area contributed by atoms with Crippen LogP contribution in [-0.2, 0) is 26.1 Å². The topological polar surface area (TPSA) is 93.7 Å². The lowest BCUT2D eigenvalue weighted by atomic mass is 9.41. The highest BCUT2D eigenvalue weighted by atomic mass is 16.8. The Morgan fingerprint density at radius 1 is 1.08 bits per heavy atom. The SMILES string of the molecule is CC1(C)O[C@@]23CC[C@]4(C)[C@@]5(C)c6[nH]c7ccccc7c6C[C@@H]5C[C@H](Oc5ccccn5)[C@@]4(O)C2=CC(=O)C1O3. The molecule has 3 aromatic rings. The van der Waals surface area contributed by atoms with E-state index in [9.17, 15) is 9.90 Å². The zero-order chi connectivity index (χ0) is 27.0. The van der Waals surface area contributed by atoms with Gasteiger partial charge < -0.3 is 24.3 Å². The third-order valence-corrected chi connectivity index (χ3v) is 11.1. The molecule has 3 fully saturated rings. The fourth-order valence-corrected chi connectivity index (χ4v) is 9.09. The highest BCUT2D eigenvalue weighted by Crippen LogP contribution is 2.72. The Kier molecular flexibility index (Phi) is 4.40. The van der Waals surface area contributed by atoms with Gasteiger partial charge in [0.25, 0.3) is 0 Å². The van der Waals surface area contributed by atoms with Gasteiger partial charge >= 0.3 is 0 Å². The summed E-state index contributed by atoms with van der Waals surface area (Å²) in [6.45, 7) is 8.27. The molecule has 2 bridgehead atoms. The van der Waals surface area contributed by atoms with Crippen molar-refractivity contribution in [3.63, 3.8) is 0 Å². The van der Waals surface area contributed by atoms with Crippen LogP contribution in [0.25, 0.3) is 10.9 Å². The second kappa shape index (κ2) is 7.19. The molecule has 1 saturated heterocycles. The van der Waals surface area contributed by atoms with E-state index in [1.165, 1.54) is 16.6 Å². The number of carbonyl (C=O) groups excluding carboxylic acids is 1. The number of aromatic amines is 1. The van der Waals surface area contributed by atoms with Crippen LogP contribution in [0.4, 0.5) is 0 Å². The summed E-state index contributed by atoms with van der Waals surface area (Å²) in [4.78, 5) is 21.7. The first-order valence-electron chi connectivity index (χ1n) is 14.1. The maximum Gasteiger partial charge on any atom is 0.213 e. The molecule has 2 saturated carbocycles. The van der Waals surface area contributed by atoms with Crippen molar-refractivity contribution in [3.05, 3.63) is 71.6 Å². The lowest BCUT2D eigenvalue weighted by molar-refractivity contribution is -0.270. The van der Waals surface area contributed by atoms with E-state index in [0.717, 1.165) is 11.9 Å². The molecule has 1 spiro atoms. The predicted molar refractivity (Wildman–Crippen MR) is 144 cm³/mol. The fraction of sp³-hybridized carbons (Fsp3) is 0.500. The summed E-state index contributed by atoms with van der Waals surface area (Å²) in [5, 5.41) is 14.6. The number of H-pyrrole nitrogens is 1. The molecule has 0 amide bonds. The van der Waals surface area contributed by atoms with Crippen LogP contribution >= 0.6 is 0 Å². The molecule has 2 aliphatic heterocycles. The maximum atomic E-state index is 13.5. The Morgan fingerprint density at radius 2 is 1.87 bits per heavy atom. The number of aromatic nitrogens is 2. The van der Waals surface area contributed by atoms with Crippen molar-refractivity contribution in [2.24, 2.45) is 11.3 Å². The number of nitrogens with one attached hydrogen (secondary N) is 1. The molecule has 5 aliphatic rings. The van der Waals surface area contributed by atoms with Crippen LogP contribution in [0.5, 0.6) is 5.88 Å². The second-order valence-corrected chi connectivity index (χ2v) is 13.2. The molecule has 2 aromatic heterocycles. The van der Waals surface area contributed by atoms with Crippen molar-refractivity contribution in [2.45, 2.75) is 88.0 Å². The van der Waals surface area contributed by atoms with Gasteiger partial charge in [0.2, 0.25) is 5.88 Å². The predicted octanol–water partition coefficient (Wildman–Crippen LogP) is 4.77. The molecule has 7 heteroatoms. The standard InChI is InChI=1S/C32H34N2O5/c1-28(2)27-22(35)17-23-31(38-27,39-28)13-12-29(3)30(4)18(15-20-19-9-5-6-10-21(19)34-26(20)30)16-24(32(23,29)36)37-25-11-7-8-14-33-25/h5-11,14,17-18,24,27,34,36H,12-13,15-16H2,1-4H3/t18-,24+,27?,29-,30-,31+,32+/m1/s1. The smallest absolute Gasteiger partial charge is 0.213 e. The summed E-state index contributed by atoms with van der Waals surface area (Å²) in [5.41, 5.74) is 0.686. The van der Waals surface area contributed by atoms with Crippen molar-refractivity contribution >= 4 is 16.7 Å². The lowest BCUT2D eigenvalue weighted by Crippen LogP contribution is -2.75. The number of nitrogens with zero attached hydrogens (tertiary/aromatic N) is 1. The van der Waals surface area contributed by atoms with E-state index >= 15 is 0 Å². The van der Waals surface area contributed by atoms with Crippen molar-refractivity contribution in [1.82, 2.24) is 9.97 Å². The number of fused-ring (bicyclic) bond motifs is 9. The van der Waals surface area contributed by atoms with Crippen LogP contribution < -0.4 is 4.74 Å². The van der Waals surface area contributed by atoms with Crippen molar-refractivity contribution in [2.75, 3.05) is 0 Å². The molecule has 0 radical (unpaired) electrons. The minimum absolute atomic E-state index is 0.164. The molecular weight excluding hydrogens is 492 g/mol. The van der Waals surface area contributed by atoms with Gasteiger partial charge in [0, 0.05) is 51.7 Å². The quantitative estimate of drug-likeness (QED) is 0.500. The van der Waals surface area contributed by atoms with Gasteiger partial charge in [0.15, 0.2) is 17.7 Å². The van der Waals surface area contributed by atoms with Crippen LogP contribution in [0.2, 0.25) is 0 Å². The van der Waals surface area contributed by atoms with E-state index in [1.807, 2.05) is 32.0 Å². The van der Waals surface area contributed by atoms with E-state index < -0.39 is 40.0 Å². The number of pyridine rings is 1. The highest BCUT2D eigenvalue weighted by molar-refractivity contribution is 5.97. The average Bonchev–Trinajstić information content (AvgIpc) is 3.50. The number of carbonyl (C=O) groups is 1. The van der Waals surface area contributed by atoms with Crippen molar-refractivity contribution in [1.29, 1.82) is 0 Å². The van der Waals surface area contributed by atoms with Gasteiger partial charge in [-0.05, 0) is 62.8 Å². The van der Waals surface area contributed by atoms with E-state index in [0.29, 0.717) is 30.7 Å². The highest BCUT2D eigenvalue weighted by Gasteiger charge is 2.78. The summed E-state index contributed by atoms with van der Waals surface area (Å²) in [5.74, 6) is -0.640. The number of ether oxygens (including phenoxy) is 3. The van der Waals surface area contributed by atoms with Gasteiger partial charge in [-0.25, -0.2) is 4.98 Å². The number of hydrogen-bond acceptors (Lipinski definition) is 6. The fourth-order valence-electron chi connectivity index (χ4n) is 9.09. The van der Waals surface area contributed by atoms with Crippen molar-refractivity contribution < 1.29 is 24.1 Å². The Bertz CT molecular complexity index is 1580. The summed E-state index contributed by atoms with van der Waals surface area (Å²) in [7, 11) is 0. The Morgan fingerprint density at radius 3 is 2.67 bits per heavy atom. The van der Waals surface area contributed by atoms with Gasteiger partial charge in [0.05, 0.1) is 0 Å². The van der Waals surface area contributed by atoms with Gasteiger partial charge in [-0.15, -0.1) is 0 Å². The zero-order valence-electron chi connectivity index (χ0n) is 22.8. The van der Waals surface area contributed by atoms with Crippen LogP contribution in [0.1, 0.15) is 58.2 Å². The lowest BCUT2D eigenvalue weighted by Gasteiger charge is -2.67. The minimum atomic E-state index is -1.55. The molecule has 7 atom stereocenters. The number of ketones is 1. The molecule has 8 rings (SSSR count). The second-order valence-electron chi connectivity index (χ2n) is 13.2. The van der Waals surface area contributed by atoms with Crippen LogP contribution in [0.3, 0.4) is 0 Å². The summed E-state index contributed by atoms with van der Waals surface area (Å²) >= 11 is 0. The van der Waals surface area contributed by atoms with E-state index in [4.69, 9.17) is 14.2 Å². The summed E-state index contributed by atoms with van der Waals surface area (Å²) in [6.07, 6.45) is 4.68. The largest absolute Gasteiger partial charge is 0.471 e. The van der Waals surface area contributed by atoms with Gasteiger partial charge in [-0.2, -0.15) is 0 Å². The number of rotatable bonds is 2. The van der Waals surface area contributed by atoms with Crippen LogP contribution in [0.15, 0.2) is 60.3 Å². The number of aliphatic hydroxyl groups is 1. The molecule has 7 nitrogen and oxygen atoms in total. The van der Waals surface area contributed by atoms with Crippen LogP contribution in [0, 0.1) is 11.3 Å². The van der Waals surface area contributed by atoms with Gasteiger partial charge in [-0.3, -0.25) is 4.79 Å². The molecule has 4 heterocycles. The van der Waals surface area contributed by atoms with Gasteiger partial charge in [0.1, 0.15) is 17.3 Å². The van der Waals surface area contributed by atoms with E-state index in [2.05, 4.69) is 48.1 Å². The number of para-hydroxylation sites is 1. The zero-order valence-corrected chi connectivity index (χ0v) is 22.8. The Hall–Kier alpha value is -3.00. The third-order valence-electron chi connectivity index (χ3n) is 11.1. The average molecular weight is 527 g/mol. The maximum absolute atomic E-state index is 13.5. The third kappa shape index (κ3) is 2.65. The Balaban J connectivity index is 1.36. The monoisotopic (exact) mass is 526 g/mol. The van der Waals surface area contributed by atoms with E-state index in [-0.39, 0.29) is 11.7 Å².